The molecule has 0 aliphatic rings. The van der Waals surface area contributed by atoms with Crippen LogP contribution in [0.15, 0.2) is 59.0 Å². The number of rotatable bonds is 8. The van der Waals surface area contributed by atoms with Gasteiger partial charge in [0.1, 0.15) is 18.2 Å². The van der Waals surface area contributed by atoms with Gasteiger partial charge >= 0.3 is 0 Å². The molecule has 1 amide bonds. The summed E-state index contributed by atoms with van der Waals surface area (Å²) in [7, 11) is 1.57. The van der Waals surface area contributed by atoms with Crippen LogP contribution in [-0.4, -0.2) is 22.8 Å². The number of anilines is 1. The van der Waals surface area contributed by atoms with Crippen LogP contribution >= 0.6 is 11.6 Å². The molecule has 0 saturated carbocycles. The maximum Gasteiger partial charge on any atom is 0.291 e. The summed E-state index contributed by atoms with van der Waals surface area (Å²) in [6.45, 7) is 4.11. The number of halogens is 2. The number of carbonyl (C=O) groups excluding carboxylic acids is 1. The average Bonchev–Trinajstić information content (AvgIpc) is 3.40. The fourth-order valence-electron chi connectivity index (χ4n) is 3.48. The molecule has 2 aromatic carbocycles. The van der Waals surface area contributed by atoms with Gasteiger partial charge in [-0.3, -0.25) is 9.48 Å². The number of ether oxygens (including phenoxy) is 2. The van der Waals surface area contributed by atoms with Crippen LogP contribution < -0.4 is 14.8 Å². The van der Waals surface area contributed by atoms with Crippen LogP contribution in [0.4, 0.5) is 10.1 Å². The second-order valence-corrected chi connectivity index (χ2v) is 8.01. The van der Waals surface area contributed by atoms with Crippen molar-refractivity contribution in [2.75, 3.05) is 12.4 Å². The van der Waals surface area contributed by atoms with E-state index in [-0.39, 0.29) is 12.4 Å². The van der Waals surface area contributed by atoms with Crippen LogP contribution in [0, 0.1) is 19.7 Å². The average molecular weight is 484 g/mol. The standard InChI is InChI=1S/C25H23ClFN3O4/c1-15-24(16(2)30(29-15)13-17-8-9-18(27)12-20(17)26)28-25(31)23-11-10-19(34-23)14-33-22-7-5-4-6-21(22)32-3/h4-12H,13-14H2,1-3H3,(H,28,31). The summed E-state index contributed by atoms with van der Waals surface area (Å²) in [5.41, 5.74) is 2.66. The third-order valence-electron chi connectivity index (χ3n) is 5.28. The number of nitrogens with one attached hydrogen (secondary N) is 1. The first-order valence-corrected chi connectivity index (χ1v) is 10.9. The maximum atomic E-state index is 13.3. The smallest absolute Gasteiger partial charge is 0.291 e. The summed E-state index contributed by atoms with van der Waals surface area (Å²) in [6.07, 6.45) is 0. The van der Waals surface area contributed by atoms with Crippen LogP contribution in [0.3, 0.4) is 0 Å². The van der Waals surface area contributed by atoms with E-state index >= 15 is 0 Å². The molecule has 0 aliphatic heterocycles. The second-order valence-electron chi connectivity index (χ2n) is 7.60. The highest BCUT2D eigenvalue weighted by Gasteiger charge is 2.18. The molecule has 9 heteroatoms. The number of carbonyl (C=O) groups is 1. The Kier molecular flexibility index (Phi) is 6.88. The van der Waals surface area contributed by atoms with Gasteiger partial charge < -0.3 is 19.2 Å². The molecule has 4 aromatic rings. The summed E-state index contributed by atoms with van der Waals surface area (Å²) in [5, 5.41) is 7.66. The molecule has 176 valence electrons. The van der Waals surface area contributed by atoms with Gasteiger partial charge in [0.25, 0.3) is 5.91 Å². The molecule has 0 aliphatic carbocycles. The van der Waals surface area contributed by atoms with Crippen molar-refractivity contribution < 1.29 is 23.1 Å². The zero-order valence-electron chi connectivity index (χ0n) is 18.9. The number of nitrogens with zero attached hydrogens (tertiary/aromatic N) is 2. The molecule has 0 saturated heterocycles. The van der Waals surface area contributed by atoms with Gasteiger partial charge in [0.15, 0.2) is 17.3 Å². The Morgan fingerprint density at radius 2 is 1.91 bits per heavy atom. The van der Waals surface area contributed by atoms with E-state index in [0.29, 0.717) is 40.2 Å². The largest absolute Gasteiger partial charge is 0.493 e. The van der Waals surface area contributed by atoms with Crippen LogP contribution in [0.2, 0.25) is 5.02 Å². The van der Waals surface area contributed by atoms with E-state index in [1.165, 1.54) is 12.1 Å². The van der Waals surface area contributed by atoms with Crippen molar-refractivity contribution in [3.8, 4) is 11.5 Å². The van der Waals surface area contributed by atoms with Gasteiger partial charge in [0, 0.05) is 5.02 Å². The first-order chi connectivity index (χ1) is 16.4. The number of benzene rings is 2. The van der Waals surface area contributed by atoms with Crippen molar-refractivity contribution in [2.45, 2.75) is 27.0 Å². The van der Waals surface area contributed by atoms with E-state index in [1.54, 1.807) is 49.0 Å². The number of furan rings is 1. The highest BCUT2D eigenvalue weighted by molar-refractivity contribution is 6.31. The molecule has 0 unspecified atom stereocenters. The minimum absolute atomic E-state index is 0.141. The van der Waals surface area contributed by atoms with Crippen LogP contribution in [-0.2, 0) is 13.2 Å². The molecule has 0 bridgehead atoms. The summed E-state index contributed by atoms with van der Waals surface area (Å²) in [5.74, 6) is 1.01. The van der Waals surface area contributed by atoms with Crippen molar-refractivity contribution in [1.29, 1.82) is 0 Å². The summed E-state index contributed by atoms with van der Waals surface area (Å²) < 4.78 is 31.7. The van der Waals surface area contributed by atoms with E-state index in [9.17, 15) is 9.18 Å². The van der Waals surface area contributed by atoms with Gasteiger partial charge in [-0.05, 0) is 55.8 Å². The lowest BCUT2D eigenvalue weighted by molar-refractivity contribution is 0.0992. The molecule has 7 nitrogen and oxygen atoms in total. The maximum absolute atomic E-state index is 13.3. The zero-order valence-corrected chi connectivity index (χ0v) is 19.6. The molecule has 0 atom stereocenters. The third kappa shape index (κ3) is 5.07. The number of amides is 1. The lowest BCUT2D eigenvalue weighted by Gasteiger charge is -2.09. The predicted octanol–water partition coefficient (Wildman–Crippen LogP) is 5.77. The predicted molar refractivity (Wildman–Crippen MR) is 126 cm³/mol. The lowest BCUT2D eigenvalue weighted by atomic mass is 10.2. The number of aromatic nitrogens is 2. The van der Waals surface area contributed by atoms with Crippen molar-refractivity contribution in [3.63, 3.8) is 0 Å². The van der Waals surface area contributed by atoms with Gasteiger partial charge in [-0.25, -0.2) is 4.39 Å². The monoisotopic (exact) mass is 483 g/mol. The Morgan fingerprint density at radius 1 is 1.15 bits per heavy atom. The van der Waals surface area contributed by atoms with Crippen molar-refractivity contribution >= 4 is 23.2 Å². The van der Waals surface area contributed by atoms with E-state index in [0.717, 1.165) is 11.3 Å². The molecule has 34 heavy (non-hydrogen) atoms. The molecule has 0 radical (unpaired) electrons. The van der Waals surface area contributed by atoms with E-state index in [2.05, 4.69) is 10.4 Å². The van der Waals surface area contributed by atoms with Gasteiger partial charge in [0.2, 0.25) is 0 Å². The van der Waals surface area contributed by atoms with Crippen molar-refractivity contribution in [3.05, 3.63) is 93.9 Å². The van der Waals surface area contributed by atoms with Gasteiger partial charge in [0.05, 0.1) is 30.7 Å². The molecule has 0 fully saturated rings. The number of para-hydroxylation sites is 2. The molecule has 2 heterocycles. The second kappa shape index (κ2) is 10.0. The molecule has 4 rings (SSSR count). The minimum atomic E-state index is -0.408. The topological polar surface area (TPSA) is 78.5 Å². The summed E-state index contributed by atoms with van der Waals surface area (Å²) in [6, 6.07) is 14.8. The van der Waals surface area contributed by atoms with Crippen molar-refractivity contribution in [2.24, 2.45) is 0 Å². The fraction of sp³-hybridized carbons (Fsp3) is 0.200. The number of hydrogen-bond acceptors (Lipinski definition) is 5. The highest BCUT2D eigenvalue weighted by atomic mass is 35.5. The Balaban J connectivity index is 1.43. The highest BCUT2D eigenvalue weighted by Crippen LogP contribution is 2.27. The third-order valence-corrected chi connectivity index (χ3v) is 5.63. The first-order valence-electron chi connectivity index (χ1n) is 10.5. The van der Waals surface area contributed by atoms with E-state index < -0.39 is 11.7 Å². The minimum Gasteiger partial charge on any atom is -0.493 e. The Bertz CT molecular complexity index is 1330. The summed E-state index contributed by atoms with van der Waals surface area (Å²) >= 11 is 6.15. The Labute approximate surface area is 201 Å². The number of aryl methyl sites for hydroxylation is 1. The Hall–Kier alpha value is -3.78. The van der Waals surface area contributed by atoms with E-state index in [4.69, 9.17) is 25.5 Å². The quantitative estimate of drug-likeness (QED) is 0.344. The van der Waals surface area contributed by atoms with Crippen LogP contribution in [0.1, 0.15) is 33.3 Å². The molecular weight excluding hydrogens is 461 g/mol. The number of methoxy groups -OCH3 is 1. The fourth-order valence-corrected chi connectivity index (χ4v) is 3.71. The molecular formula is C25H23ClFN3O4. The van der Waals surface area contributed by atoms with Crippen molar-refractivity contribution in [1.82, 2.24) is 9.78 Å². The van der Waals surface area contributed by atoms with Gasteiger partial charge in [-0.15, -0.1) is 0 Å². The SMILES string of the molecule is COc1ccccc1OCc1ccc(C(=O)Nc2c(C)nn(Cc3ccc(F)cc3Cl)c2C)o1. The van der Waals surface area contributed by atoms with Gasteiger partial charge in [-0.1, -0.05) is 29.8 Å². The van der Waals surface area contributed by atoms with E-state index in [1.807, 2.05) is 19.1 Å². The van der Waals surface area contributed by atoms with Crippen LogP contribution in [0.25, 0.3) is 0 Å². The molecule has 0 spiro atoms. The van der Waals surface area contributed by atoms with Crippen LogP contribution in [0.5, 0.6) is 11.5 Å². The number of hydrogen-bond donors (Lipinski definition) is 1. The van der Waals surface area contributed by atoms with Gasteiger partial charge in [-0.2, -0.15) is 5.10 Å². The zero-order chi connectivity index (χ0) is 24.2. The molecule has 2 aromatic heterocycles. The Morgan fingerprint density at radius 3 is 2.65 bits per heavy atom. The lowest BCUT2D eigenvalue weighted by Crippen LogP contribution is -2.12. The summed E-state index contributed by atoms with van der Waals surface area (Å²) in [4.78, 5) is 12.8. The molecule has 1 N–H and O–H groups in total. The normalized spacial score (nSPS) is 10.9. The first kappa shape index (κ1) is 23.4.